The number of ether oxygens (including phenoxy) is 2. The van der Waals surface area contributed by atoms with Crippen LogP contribution in [0.15, 0.2) is 0 Å². The molecule has 0 bridgehead atoms. The number of rotatable bonds is 7. The first-order valence-electron chi connectivity index (χ1n) is 5.79. The molecule has 2 unspecified atom stereocenters. The lowest BCUT2D eigenvalue weighted by molar-refractivity contribution is -0.122. The first kappa shape index (κ1) is 15.8. The molecular formula is C12H27NO3. The van der Waals surface area contributed by atoms with Gasteiger partial charge in [0.15, 0.2) is 6.29 Å². The largest absolute Gasteiger partial charge is 0.396 e. The summed E-state index contributed by atoms with van der Waals surface area (Å²) in [6.07, 6.45) is 0.470. The Bertz CT molecular complexity index is 176. The van der Waals surface area contributed by atoms with Gasteiger partial charge in [-0.1, -0.05) is 20.8 Å². The summed E-state index contributed by atoms with van der Waals surface area (Å²) in [5.74, 6) is 0. The van der Waals surface area contributed by atoms with E-state index < -0.39 is 0 Å². The Hall–Kier alpha value is -0.160. The van der Waals surface area contributed by atoms with Gasteiger partial charge in [0, 0.05) is 26.9 Å². The highest BCUT2D eigenvalue weighted by Gasteiger charge is 2.27. The molecule has 2 N–H and O–H groups in total. The number of hydrogen-bond acceptors (Lipinski definition) is 4. The van der Waals surface area contributed by atoms with Gasteiger partial charge < -0.3 is 19.9 Å². The van der Waals surface area contributed by atoms with Crippen LogP contribution in [0.25, 0.3) is 0 Å². The van der Waals surface area contributed by atoms with Gasteiger partial charge in [0.05, 0.1) is 6.04 Å². The Kier molecular flexibility index (Phi) is 7.15. The predicted molar refractivity (Wildman–Crippen MR) is 65.3 cm³/mol. The summed E-state index contributed by atoms with van der Waals surface area (Å²) in [4.78, 5) is 0. The maximum absolute atomic E-state index is 9.06. The smallest absolute Gasteiger partial charge is 0.171 e. The molecule has 0 fully saturated rings. The molecular weight excluding hydrogens is 206 g/mol. The normalized spacial score (nSPS) is 16.5. The molecule has 2 atom stereocenters. The van der Waals surface area contributed by atoms with Gasteiger partial charge in [-0.15, -0.1) is 0 Å². The Morgan fingerprint density at radius 2 is 1.69 bits per heavy atom. The molecule has 0 rings (SSSR count). The highest BCUT2D eigenvalue weighted by atomic mass is 16.7. The molecule has 0 saturated heterocycles. The third-order valence-corrected chi connectivity index (χ3v) is 2.80. The monoisotopic (exact) mass is 233 g/mol. The average Bonchev–Trinajstić information content (AvgIpc) is 2.17. The zero-order valence-electron chi connectivity index (χ0n) is 11.4. The molecule has 0 amide bonds. The molecule has 4 nitrogen and oxygen atoms in total. The second kappa shape index (κ2) is 7.22. The van der Waals surface area contributed by atoms with Crippen molar-refractivity contribution in [1.82, 2.24) is 5.32 Å². The third kappa shape index (κ3) is 5.25. The van der Waals surface area contributed by atoms with Crippen LogP contribution in [0.5, 0.6) is 0 Å². The molecule has 0 heterocycles. The molecule has 0 aliphatic heterocycles. The number of methoxy groups -OCH3 is 2. The predicted octanol–water partition coefficient (Wildman–Crippen LogP) is 1.38. The van der Waals surface area contributed by atoms with Crippen LogP contribution in [0.3, 0.4) is 0 Å². The van der Waals surface area contributed by atoms with Crippen molar-refractivity contribution in [1.29, 1.82) is 0 Å². The number of nitrogens with one attached hydrogen (secondary N) is 1. The second-order valence-electron chi connectivity index (χ2n) is 5.23. The number of hydrogen-bond donors (Lipinski definition) is 2. The van der Waals surface area contributed by atoms with Crippen LogP contribution in [-0.4, -0.2) is 44.3 Å². The van der Waals surface area contributed by atoms with Gasteiger partial charge >= 0.3 is 0 Å². The van der Waals surface area contributed by atoms with Crippen molar-refractivity contribution < 1.29 is 14.6 Å². The molecule has 16 heavy (non-hydrogen) atoms. The van der Waals surface area contributed by atoms with Crippen LogP contribution in [0.2, 0.25) is 0 Å². The SMILES string of the molecule is COC(OC)C(C)NC(CCO)C(C)(C)C. The lowest BCUT2D eigenvalue weighted by Crippen LogP contribution is -2.50. The van der Waals surface area contributed by atoms with Gasteiger partial charge in [-0.05, 0) is 18.8 Å². The molecule has 0 aromatic rings. The van der Waals surface area contributed by atoms with Gasteiger partial charge in [0.2, 0.25) is 0 Å². The highest BCUT2D eigenvalue weighted by molar-refractivity contribution is 4.83. The van der Waals surface area contributed by atoms with E-state index in [9.17, 15) is 0 Å². The van der Waals surface area contributed by atoms with Crippen LogP contribution in [0.1, 0.15) is 34.1 Å². The number of aliphatic hydroxyl groups is 1. The van der Waals surface area contributed by atoms with Crippen LogP contribution in [0, 0.1) is 5.41 Å². The summed E-state index contributed by atoms with van der Waals surface area (Å²) < 4.78 is 10.4. The lowest BCUT2D eigenvalue weighted by atomic mass is 9.84. The van der Waals surface area contributed by atoms with Crippen molar-refractivity contribution >= 4 is 0 Å². The van der Waals surface area contributed by atoms with Crippen molar-refractivity contribution in [3.05, 3.63) is 0 Å². The Balaban J connectivity index is 4.38. The molecule has 4 heteroatoms. The van der Waals surface area contributed by atoms with E-state index in [0.29, 0.717) is 0 Å². The van der Waals surface area contributed by atoms with E-state index in [0.717, 1.165) is 6.42 Å². The average molecular weight is 233 g/mol. The molecule has 0 spiro atoms. The minimum absolute atomic E-state index is 0.0887. The summed E-state index contributed by atoms with van der Waals surface area (Å²) in [6.45, 7) is 8.67. The lowest BCUT2D eigenvalue weighted by Gasteiger charge is -2.35. The quantitative estimate of drug-likeness (QED) is 0.652. The van der Waals surface area contributed by atoms with Gasteiger partial charge in [0.1, 0.15) is 0 Å². The maximum atomic E-state index is 9.06. The first-order chi connectivity index (χ1) is 7.36. The fourth-order valence-corrected chi connectivity index (χ4v) is 1.80. The summed E-state index contributed by atoms with van der Waals surface area (Å²) in [6, 6.07) is 0.325. The van der Waals surface area contributed by atoms with Gasteiger partial charge in [-0.3, -0.25) is 0 Å². The van der Waals surface area contributed by atoms with E-state index in [1.54, 1.807) is 14.2 Å². The molecule has 0 saturated carbocycles. The van der Waals surface area contributed by atoms with E-state index in [1.165, 1.54) is 0 Å². The van der Waals surface area contributed by atoms with E-state index in [4.69, 9.17) is 14.6 Å². The van der Waals surface area contributed by atoms with Gasteiger partial charge in [0.25, 0.3) is 0 Å². The van der Waals surface area contributed by atoms with Gasteiger partial charge in [-0.2, -0.15) is 0 Å². The van der Waals surface area contributed by atoms with Crippen molar-refractivity contribution in [3.63, 3.8) is 0 Å². The molecule has 0 aliphatic rings. The minimum Gasteiger partial charge on any atom is -0.396 e. The fraction of sp³-hybridized carbons (Fsp3) is 1.00. The molecule has 0 radical (unpaired) electrons. The van der Waals surface area contributed by atoms with E-state index in [2.05, 4.69) is 26.1 Å². The maximum Gasteiger partial charge on any atom is 0.171 e. The standard InChI is InChI=1S/C12H27NO3/c1-9(11(15-5)16-6)13-10(7-8-14)12(2,3)4/h9-11,13-14H,7-8H2,1-6H3. The first-order valence-corrected chi connectivity index (χ1v) is 5.79. The summed E-state index contributed by atoms with van der Waals surface area (Å²) in [5, 5.41) is 12.5. The van der Waals surface area contributed by atoms with E-state index in [1.807, 2.05) is 6.92 Å². The summed E-state index contributed by atoms with van der Waals surface area (Å²) >= 11 is 0. The highest BCUT2D eigenvalue weighted by Crippen LogP contribution is 2.22. The zero-order valence-corrected chi connectivity index (χ0v) is 11.4. The Labute approximate surface area is 99.3 Å². The molecule has 98 valence electrons. The van der Waals surface area contributed by atoms with Crippen molar-refractivity contribution in [2.24, 2.45) is 5.41 Å². The molecule has 0 aromatic carbocycles. The van der Waals surface area contributed by atoms with Crippen molar-refractivity contribution in [3.8, 4) is 0 Å². The summed E-state index contributed by atoms with van der Waals surface area (Å²) in [7, 11) is 3.26. The van der Waals surface area contributed by atoms with Crippen LogP contribution >= 0.6 is 0 Å². The van der Waals surface area contributed by atoms with Crippen molar-refractivity contribution in [2.45, 2.75) is 52.5 Å². The van der Waals surface area contributed by atoms with Crippen LogP contribution in [0.4, 0.5) is 0 Å². The Morgan fingerprint density at radius 1 is 1.19 bits per heavy atom. The van der Waals surface area contributed by atoms with E-state index in [-0.39, 0.29) is 30.4 Å². The number of aliphatic hydroxyl groups excluding tert-OH is 1. The summed E-state index contributed by atoms with van der Waals surface area (Å²) in [5.41, 5.74) is 0.100. The Morgan fingerprint density at radius 3 is 2.00 bits per heavy atom. The van der Waals surface area contributed by atoms with E-state index >= 15 is 0 Å². The van der Waals surface area contributed by atoms with Crippen LogP contribution in [-0.2, 0) is 9.47 Å². The minimum atomic E-state index is -0.261. The fourth-order valence-electron chi connectivity index (χ4n) is 1.80. The molecule has 0 aromatic heterocycles. The second-order valence-corrected chi connectivity index (χ2v) is 5.23. The third-order valence-electron chi connectivity index (χ3n) is 2.80. The van der Waals surface area contributed by atoms with Gasteiger partial charge in [-0.25, -0.2) is 0 Å². The molecule has 0 aliphatic carbocycles. The van der Waals surface area contributed by atoms with Crippen LogP contribution < -0.4 is 5.32 Å². The zero-order chi connectivity index (χ0) is 12.8. The topological polar surface area (TPSA) is 50.7 Å². The van der Waals surface area contributed by atoms with Crippen molar-refractivity contribution in [2.75, 3.05) is 20.8 Å².